The third kappa shape index (κ3) is 24.2. The number of nitrogens with two attached hydrogens (primary N) is 4. The molecule has 0 saturated heterocycles. The molecule has 16 aromatic rings. The molecule has 4 amide bonds. The van der Waals surface area contributed by atoms with Crippen LogP contribution in [0.15, 0.2) is 256 Å². The topological polar surface area (TPSA) is 424 Å². The molecule has 8 heterocycles. The van der Waals surface area contributed by atoms with Crippen LogP contribution in [0.4, 0.5) is 67.2 Å². The second-order valence-corrected chi connectivity index (χ2v) is 32.0. The first-order chi connectivity index (χ1) is 66.6. The minimum atomic E-state index is -2.95. The van der Waals surface area contributed by atoms with Gasteiger partial charge >= 0.3 is 0 Å². The minimum Gasteiger partial charge on any atom is -0.394 e. The van der Waals surface area contributed by atoms with Gasteiger partial charge in [0.1, 0.15) is 59.0 Å². The Labute approximate surface area is 788 Å². The standard InChI is InChI=1S/C26H23F4N5O2.C25H21F4N5O2.C25H23F2N5O2.C25H25N5O2/c1-13-21(11-35(2)34-13)17-8-20(25(31)32-10-17)14-3-4-19(22(28)9-14)26(37)33-23(12-36)15-5-16(24(29)30)7-18(27)6-15;1-34-11-17(10-32-34)16-7-20(24(30)31-9-16)13-2-3-19(21(27)8-13)25(36)33-22(12-35)14-4-15(23(28)29)6-18(26)5-14;1-32-23(7-8-30-32)18-10-20(24(28)29-13-18)16-5-6-19(21(27)11-16)25(34)31-22(14-33)17-4-2-3-15(9-17)12-26;1-16-10-18(22-11-19(12-27-24(22)26)20-13-28-30(2)14-20)8-9-21(16)25(32)29-23(15-31)17-6-4-3-5-7-17/h3-11,23-24,36H,12H2,1-2H3,(H2,31,32)(H,33,37);2-11,22-23,35H,12H2,1H3,(H2,30,31)(H,33,36);2-11,13,22,33H,12,14H2,1H3,(H2,28,29)(H,31,34);3-14,23,31H,15H2,1-2H3,(H2,26,27)(H,29,32)/t23-;2*22-;23-/m1111/s1. The Hall–Kier alpha value is -16.6. The maximum absolute atomic E-state index is 15.0. The van der Waals surface area contributed by atoms with E-state index in [0.29, 0.717) is 73.6 Å². The summed E-state index contributed by atoms with van der Waals surface area (Å²) in [6, 6.07) is 43.6. The number of aliphatic hydroxyl groups is 4. The lowest BCUT2D eigenvalue weighted by Gasteiger charge is -2.18. The zero-order valence-electron chi connectivity index (χ0n) is 75.1. The number of hydrogen-bond acceptors (Lipinski definition) is 20. The van der Waals surface area contributed by atoms with Crippen LogP contribution in [0, 0.1) is 42.9 Å². The number of hydrogen-bond donors (Lipinski definition) is 12. The highest BCUT2D eigenvalue weighted by Crippen LogP contribution is 2.38. The van der Waals surface area contributed by atoms with E-state index in [0.717, 1.165) is 103 Å². The molecule has 16 N–H and O–H groups in total. The molecule has 0 spiro atoms. The maximum atomic E-state index is 15.0. The number of alkyl halides is 5. The Morgan fingerprint density at radius 1 is 0.353 bits per heavy atom. The van der Waals surface area contributed by atoms with Crippen LogP contribution in [0.2, 0.25) is 0 Å². The second-order valence-electron chi connectivity index (χ2n) is 32.0. The molecule has 714 valence electrons. The molecule has 4 atom stereocenters. The number of pyridine rings is 4. The van der Waals surface area contributed by atoms with E-state index in [-0.39, 0.29) is 57.8 Å². The molecule has 0 saturated carbocycles. The lowest BCUT2D eigenvalue weighted by molar-refractivity contribution is 0.0904. The summed E-state index contributed by atoms with van der Waals surface area (Å²) in [4.78, 5) is 68.0. The van der Waals surface area contributed by atoms with E-state index in [9.17, 15) is 79.1 Å². The number of nitrogens with zero attached hydrogens (tertiary/aromatic N) is 12. The summed E-state index contributed by atoms with van der Waals surface area (Å²) < 4.78 is 144. The molecule has 8 aromatic carbocycles. The average molecular weight is 1900 g/mol. The highest BCUT2D eigenvalue weighted by atomic mass is 19.3. The van der Waals surface area contributed by atoms with E-state index in [2.05, 4.69) is 61.6 Å². The normalized spacial score (nSPS) is 12.0. The number of nitrogens with one attached hydrogen (secondary N) is 4. The molecule has 0 aliphatic carbocycles. The molecule has 16 rings (SSSR count). The SMILES string of the molecule is Cc1cc(-c2cc(-c3cnn(C)c3)cnc2N)ccc1C(=O)N[C@H](CO)c1ccccc1.Cc1nn(C)cc1-c1cnc(N)c(-c2ccc(C(=O)N[C@H](CO)c3cc(F)cc(C(F)F)c3)c(F)c2)c1.Cn1cc(-c2cnc(N)c(-c3ccc(C(=O)N[C@H](CO)c4cc(F)cc(C(F)F)c4)c(F)c3)c2)cn1.Cn1nccc1-c1cnc(N)c(-c2ccc(C(=O)N[C@H](CO)c3cccc(CF)c3)c(F)c2)c1. The summed E-state index contributed by atoms with van der Waals surface area (Å²) in [5.74, 6) is -6.28. The van der Waals surface area contributed by atoms with E-state index < -0.39 is 121 Å². The van der Waals surface area contributed by atoms with Gasteiger partial charge in [0.15, 0.2) is 0 Å². The average Bonchev–Trinajstić information content (AvgIpc) is 1.79. The number of carbonyl (C=O) groups is 4. The molecule has 0 fully saturated rings. The Bertz CT molecular complexity index is 7160. The molecular weight excluding hydrogens is 1810 g/mol. The largest absolute Gasteiger partial charge is 0.394 e. The van der Waals surface area contributed by atoms with Gasteiger partial charge in [-0.3, -0.25) is 37.9 Å². The quantitative estimate of drug-likeness (QED) is 0.0213. The van der Waals surface area contributed by atoms with Gasteiger partial charge < -0.3 is 64.6 Å². The Morgan fingerprint density at radius 2 is 0.727 bits per heavy atom. The zero-order valence-corrected chi connectivity index (χ0v) is 75.1. The van der Waals surface area contributed by atoms with E-state index in [1.54, 1.807) is 144 Å². The van der Waals surface area contributed by atoms with Crippen molar-refractivity contribution in [3.05, 3.63) is 358 Å². The van der Waals surface area contributed by atoms with Crippen LogP contribution in [-0.2, 0) is 34.9 Å². The Balaban J connectivity index is 0.000000156. The van der Waals surface area contributed by atoms with Crippen molar-refractivity contribution in [1.82, 2.24) is 80.3 Å². The molecule has 139 heavy (non-hydrogen) atoms. The van der Waals surface area contributed by atoms with E-state index in [1.165, 1.54) is 36.4 Å². The predicted molar refractivity (Wildman–Crippen MR) is 504 cm³/mol. The fourth-order valence-electron chi connectivity index (χ4n) is 15.2. The number of carbonyl (C=O) groups excluding carboxylic acids is 4. The smallest absolute Gasteiger partial charge is 0.263 e. The molecule has 0 bridgehead atoms. The number of aryl methyl sites for hydroxylation is 6. The highest BCUT2D eigenvalue weighted by Gasteiger charge is 2.28. The van der Waals surface area contributed by atoms with Crippen molar-refractivity contribution < 1.29 is 83.5 Å². The van der Waals surface area contributed by atoms with Gasteiger partial charge in [-0.1, -0.05) is 84.9 Å². The van der Waals surface area contributed by atoms with Crippen molar-refractivity contribution in [1.29, 1.82) is 0 Å². The predicted octanol–water partition coefficient (Wildman–Crippen LogP) is 16.4. The van der Waals surface area contributed by atoms with Gasteiger partial charge in [-0.2, -0.15) is 20.4 Å². The molecular formula is C101H92F10N20O8. The number of aliphatic hydroxyl groups excluding tert-OH is 4. The molecule has 28 nitrogen and oxygen atoms in total. The lowest BCUT2D eigenvalue weighted by Crippen LogP contribution is -2.31. The summed E-state index contributed by atoms with van der Waals surface area (Å²) in [6.45, 7) is 0.997. The lowest BCUT2D eigenvalue weighted by atomic mass is 9.97. The van der Waals surface area contributed by atoms with Gasteiger partial charge in [0.05, 0.1) is 91.1 Å². The van der Waals surface area contributed by atoms with Crippen molar-refractivity contribution in [2.24, 2.45) is 28.2 Å². The van der Waals surface area contributed by atoms with Crippen LogP contribution < -0.4 is 44.2 Å². The highest BCUT2D eigenvalue weighted by molar-refractivity contribution is 5.99. The Morgan fingerprint density at radius 3 is 1.10 bits per heavy atom. The monoisotopic (exact) mass is 1900 g/mol. The van der Waals surface area contributed by atoms with Gasteiger partial charge in [0.2, 0.25) is 0 Å². The summed E-state index contributed by atoms with van der Waals surface area (Å²) in [7, 11) is 7.21. The first kappa shape index (κ1) is 99.9. The molecule has 8 aromatic heterocycles. The maximum Gasteiger partial charge on any atom is 0.263 e. The first-order valence-electron chi connectivity index (χ1n) is 42.6. The van der Waals surface area contributed by atoms with Gasteiger partial charge in [-0.15, -0.1) is 0 Å². The molecule has 38 heteroatoms. The van der Waals surface area contributed by atoms with E-state index >= 15 is 4.39 Å². The number of nitrogen functional groups attached to an aromatic ring is 4. The number of halogens is 10. The number of benzene rings is 8. The number of amides is 4. The van der Waals surface area contributed by atoms with E-state index in [4.69, 9.17) is 22.9 Å². The molecule has 0 aliphatic heterocycles. The van der Waals surface area contributed by atoms with Gasteiger partial charge in [-0.25, -0.2) is 63.8 Å². The van der Waals surface area contributed by atoms with Crippen LogP contribution in [0.1, 0.15) is 129 Å². The number of anilines is 4. The van der Waals surface area contributed by atoms with Crippen LogP contribution in [0.3, 0.4) is 0 Å². The summed E-state index contributed by atoms with van der Waals surface area (Å²) in [5.41, 5.74) is 36.6. The van der Waals surface area contributed by atoms with Crippen molar-refractivity contribution in [3.8, 4) is 89.1 Å². The van der Waals surface area contributed by atoms with Crippen molar-refractivity contribution in [3.63, 3.8) is 0 Å². The third-order valence-corrected chi connectivity index (χ3v) is 22.4. The zero-order chi connectivity index (χ0) is 99.7. The van der Waals surface area contributed by atoms with Gasteiger partial charge in [0, 0.05) is 156 Å². The summed E-state index contributed by atoms with van der Waals surface area (Å²) in [6.07, 6.45) is 11.2. The van der Waals surface area contributed by atoms with Crippen LogP contribution in [0.25, 0.3) is 89.1 Å². The first-order valence-corrected chi connectivity index (χ1v) is 42.6. The fraction of sp³-hybridized carbons (Fsp3) is 0.168. The molecule has 0 aliphatic rings. The number of rotatable bonds is 27. The summed E-state index contributed by atoms with van der Waals surface area (Å²) >= 11 is 0. The van der Waals surface area contributed by atoms with Gasteiger partial charge in [-0.05, 0) is 179 Å². The van der Waals surface area contributed by atoms with Crippen LogP contribution in [-0.4, -0.2) is 130 Å². The van der Waals surface area contributed by atoms with Crippen LogP contribution >= 0.6 is 0 Å². The van der Waals surface area contributed by atoms with Crippen molar-refractivity contribution in [2.75, 3.05) is 49.4 Å². The molecule has 0 radical (unpaired) electrons. The van der Waals surface area contributed by atoms with Crippen molar-refractivity contribution in [2.45, 2.75) is 57.5 Å². The fourth-order valence-corrected chi connectivity index (χ4v) is 15.2. The van der Waals surface area contributed by atoms with Crippen molar-refractivity contribution >= 4 is 46.9 Å². The van der Waals surface area contributed by atoms with Gasteiger partial charge in [0.25, 0.3) is 36.5 Å². The Kier molecular flexibility index (Phi) is 32.1. The number of aromatic nitrogens is 12. The third-order valence-electron chi connectivity index (χ3n) is 22.4. The second kappa shape index (κ2) is 44.7. The summed E-state index contributed by atoms with van der Waals surface area (Å²) in [5, 5.41) is 65.8. The molecule has 0 unspecified atom stereocenters. The van der Waals surface area contributed by atoms with Crippen LogP contribution in [0.5, 0.6) is 0 Å². The minimum absolute atomic E-state index is 0.0791. The van der Waals surface area contributed by atoms with E-state index in [1.807, 2.05) is 87.9 Å².